The van der Waals surface area contributed by atoms with Crippen LogP contribution in [0.1, 0.15) is 43.2 Å². The third kappa shape index (κ3) is 4.73. The number of nitriles is 1. The molecule has 0 saturated heterocycles. The van der Waals surface area contributed by atoms with E-state index in [1.807, 2.05) is 25.1 Å². The Kier molecular flexibility index (Phi) is 6.04. The van der Waals surface area contributed by atoms with E-state index in [1.54, 1.807) is 0 Å². The number of anilines is 1. The summed E-state index contributed by atoms with van der Waals surface area (Å²) in [5, 5.41) is 12.5. The van der Waals surface area contributed by atoms with Crippen LogP contribution in [-0.2, 0) is 4.74 Å². The molecule has 1 aliphatic carbocycles. The van der Waals surface area contributed by atoms with E-state index in [-0.39, 0.29) is 0 Å². The second kappa shape index (κ2) is 8.02. The number of para-hydroxylation sites is 1. The lowest BCUT2D eigenvalue weighted by atomic mass is 9.94. The summed E-state index contributed by atoms with van der Waals surface area (Å²) in [7, 11) is 0. The molecule has 0 heterocycles. The van der Waals surface area contributed by atoms with Gasteiger partial charge in [-0.1, -0.05) is 12.1 Å². The van der Waals surface area contributed by atoms with Gasteiger partial charge in [-0.15, -0.1) is 0 Å². The first-order chi connectivity index (χ1) is 10.2. The van der Waals surface area contributed by atoms with E-state index in [2.05, 4.69) is 11.4 Å². The highest BCUT2D eigenvalue weighted by Gasteiger charge is 2.18. The van der Waals surface area contributed by atoms with Crippen molar-refractivity contribution in [3.8, 4) is 6.07 Å². The maximum absolute atomic E-state index is 9.11. The van der Waals surface area contributed by atoms with Gasteiger partial charge in [0.2, 0.25) is 0 Å². The fourth-order valence-electron chi connectivity index (χ4n) is 2.79. The Labute approximate surface area is 127 Å². The number of hydrogen-bond acceptors (Lipinski definition) is 4. The standard InChI is InChI=1S/C17H25N3O/c1-13-4-2-5-14(12-18)17(13)20-10-3-11-21-16-8-6-15(19)7-9-16/h2,4-5,15-16,20H,3,6-11,19H2,1H3. The molecule has 0 radical (unpaired) electrons. The van der Waals surface area contributed by atoms with Crippen LogP contribution in [0.5, 0.6) is 0 Å². The van der Waals surface area contributed by atoms with Gasteiger partial charge < -0.3 is 15.8 Å². The van der Waals surface area contributed by atoms with Crippen LogP contribution in [0.3, 0.4) is 0 Å². The highest BCUT2D eigenvalue weighted by molar-refractivity contribution is 5.62. The quantitative estimate of drug-likeness (QED) is 0.789. The van der Waals surface area contributed by atoms with Gasteiger partial charge in [0.15, 0.2) is 0 Å². The lowest BCUT2D eigenvalue weighted by Crippen LogP contribution is -2.30. The van der Waals surface area contributed by atoms with Gasteiger partial charge in [-0.2, -0.15) is 5.26 Å². The van der Waals surface area contributed by atoms with E-state index in [0.29, 0.717) is 17.7 Å². The fourth-order valence-corrected chi connectivity index (χ4v) is 2.79. The van der Waals surface area contributed by atoms with Crippen LogP contribution in [0.15, 0.2) is 18.2 Å². The number of hydrogen-bond donors (Lipinski definition) is 2. The Balaban J connectivity index is 1.67. The average molecular weight is 287 g/mol. The van der Waals surface area contributed by atoms with Gasteiger partial charge >= 0.3 is 0 Å². The van der Waals surface area contributed by atoms with Crippen LogP contribution in [0.2, 0.25) is 0 Å². The first-order valence-electron chi connectivity index (χ1n) is 7.81. The molecular weight excluding hydrogens is 262 g/mol. The van der Waals surface area contributed by atoms with Gasteiger partial charge in [-0.25, -0.2) is 0 Å². The molecule has 2 rings (SSSR count). The molecule has 0 atom stereocenters. The highest BCUT2D eigenvalue weighted by Crippen LogP contribution is 2.21. The van der Waals surface area contributed by atoms with Crippen LogP contribution >= 0.6 is 0 Å². The minimum atomic E-state index is 0.372. The van der Waals surface area contributed by atoms with E-state index in [4.69, 9.17) is 15.7 Å². The molecule has 1 aliphatic rings. The largest absolute Gasteiger partial charge is 0.384 e. The zero-order valence-electron chi connectivity index (χ0n) is 12.8. The molecule has 0 unspecified atom stereocenters. The van der Waals surface area contributed by atoms with Crippen molar-refractivity contribution in [2.75, 3.05) is 18.5 Å². The van der Waals surface area contributed by atoms with Crippen molar-refractivity contribution < 1.29 is 4.74 Å². The molecule has 1 aromatic carbocycles. The monoisotopic (exact) mass is 287 g/mol. The van der Waals surface area contributed by atoms with Crippen LogP contribution in [0.4, 0.5) is 5.69 Å². The number of benzene rings is 1. The summed E-state index contributed by atoms with van der Waals surface area (Å²) in [6.45, 7) is 3.61. The molecule has 114 valence electrons. The molecule has 4 heteroatoms. The first-order valence-corrected chi connectivity index (χ1v) is 7.81. The zero-order valence-corrected chi connectivity index (χ0v) is 12.8. The van der Waals surface area contributed by atoms with Gasteiger partial charge in [-0.3, -0.25) is 0 Å². The third-order valence-corrected chi connectivity index (χ3v) is 4.09. The molecule has 0 aromatic heterocycles. The van der Waals surface area contributed by atoms with E-state index in [9.17, 15) is 0 Å². The molecule has 1 saturated carbocycles. The maximum Gasteiger partial charge on any atom is 0.101 e. The Morgan fingerprint density at radius 1 is 1.33 bits per heavy atom. The normalized spacial score (nSPS) is 21.8. The van der Waals surface area contributed by atoms with Crippen molar-refractivity contribution in [1.29, 1.82) is 5.26 Å². The summed E-state index contributed by atoms with van der Waals surface area (Å²) in [6, 6.07) is 8.38. The lowest BCUT2D eigenvalue weighted by Gasteiger charge is -2.26. The van der Waals surface area contributed by atoms with Crippen molar-refractivity contribution in [1.82, 2.24) is 0 Å². The summed E-state index contributed by atoms with van der Waals surface area (Å²) >= 11 is 0. The number of ether oxygens (including phenoxy) is 1. The topological polar surface area (TPSA) is 71.1 Å². The molecule has 3 N–H and O–H groups in total. The van der Waals surface area contributed by atoms with Crippen LogP contribution in [0.25, 0.3) is 0 Å². The molecule has 0 bridgehead atoms. The van der Waals surface area contributed by atoms with E-state index in [1.165, 1.54) is 0 Å². The van der Waals surface area contributed by atoms with E-state index in [0.717, 1.165) is 56.5 Å². The lowest BCUT2D eigenvalue weighted by molar-refractivity contribution is 0.0251. The molecular formula is C17H25N3O. The minimum absolute atomic E-state index is 0.372. The Hall–Kier alpha value is -1.57. The fraction of sp³-hybridized carbons (Fsp3) is 0.588. The number of nitrogens with two attached hydrogens (primary N) is 1. The van der Waals surface area contributed by atoms with E-state index >= 15 is 0 Å². The highest BCUT2D eigenvalue weighted by atomic mass is 16.5. The second-order valence-electron chi connectivity index (χ2n) is 5.80. The smallest absolute Gasteiger partial charge is 0.101 e. The third-order valence-electron chi connectivity index (χ3n) is 4.09. The SMILES string of the molecule is Cc1cccc(C#N)c1NCCCOC1CCC(N)CC1. The minimum Gasteiger partial charge on any atom is -0.384 e. The summed E-state index contributed by atoms with van der Waals surface area (Å²) in [5.41, 5.74) is 8.65. The van der Waals surface area contributed by atoms with Gasteiger partial charge in [-0.05, 0) is 50.7 Å². The van der Waals surface area contributed by atoms with E-state index < -0.39 is 0 Å². The van der Waals surface area contributed by atoms with Crippen LogP contribution < -0.4 is 11.1 Å². The Bertz CT molecular complexity index is 487. The van der Waals surface area contributed by atoms with Crippen LogP contribution in [0, 0.1) is 18.3 Å². The summed E-state index contributed by atoms with van der Waals surface area (Å²) < 4.78 is 5.90. The molecule has 1 aromatic rings. The summed E-state index contributed by atoms with van der Waals surface area (Å²) in [5.74, 6) is 0. The molecule has 0 amide bonds. The van der Waals surface area contributed by atoms with Crippen molar-refractivity contribution in [3.63, 3.8) is 0 Å². The van der Waals surface area contributed by atoms with Gasteiger partial charge in [0.05, 0.1) is 17.4 Å². The molecule has 1 fully saturated rings. The van der Waals surface area contributed by atoms with Crippen molar-refractivity contribution >= 4 is 5.69 Å². The molecule has 4 nitrogen and oxygen atoms in total. The predicted octanol–water partition coefficient (Wildman–Crippen LogP) is 2.96. The number of aryl methyl sites for hydroxylation is 1. The summed E-state index contributed by atoms with van der Waals surface area (Å²) in [6.07, 6.45) is 5.67. The molecule has 21 heavy (non-hydrogen) atoms. The molecule has 0 aliphatic heterocycles. The first kappa shape index (κ1) is 15.8. The Morgan fingerprint density at radius 3 is 2.81 bits per heavy atom. The van der Waals surface area contributed by atoms with Gasteiger partial charge in [0, 0.05) is 19.2 Å². The van der Waals surface area contributed by atoms with Crippen molar-refractivity contribution in [2.45, 2.75) is 51.2 Å². The van der Waals surface area contributed by atoms with Crippen molar-refractivity contribution in [3.05, 3.63) is 29.3 Å². The predicted molar refractivity (Wildman–Crippen MR) is 85.2 cm³/mol. The van der Waals surface area contributed by atoms with Gasteiger partial charge in [0.25, 0.3) is 0 Å². The van der Waals surface area contributed by atoms with Gasteiger partial charge in [0.1, 0.15) is 6.07 Å². The van der Waals surface area contributed by atoms with Crippen LogP contribution in [-0.4, -0.2) is 25.3 Å². The number of rotatable bonds is 6. The second-order valence-corrected chi connectivity index (χ2v) is 5.80. The molecule has 0 spiro atoms. The maximum atomic E-state index is 9.11. The average Bonchev–Trinajstić information content (AvgIpc) is 2.50. The van der Waals surface area contributed by atoms with Crippen molar-refractivity contribution in [2.24, 2.45) is 5.73 Å². The summed E-state index contributed by atoms with van der Waals surface area (Å²) in [4.78, 5) is 0. The zero-order chi connectivity index (χ0) is 15.1. The number of nitrogens with one attached hydrogen (secondary N) is 1. The Morgan fingerprint density at radius 2 is 2.10 bits per heavy atom. The number of nitrogens with zero attached hydrogens (tertiary/aromatic N) is 1.